The Labute approximate surface area is 98.4 Å². The first-order valence-electron chi connectivity index (χ1n) is 4.46. The molecule has 1 aromatic rings. The van der Waals surface area contributed by atoms with Gasteiger partial charge in [-0.15, -0.1) is 0 Å². The molecule has 1 rings (SSSR count). The Bertz CT molecular complexity index is 391. The van der Waals surface area contributed by atoms with Gasteiger partial charge in [0.05, 0.1) is 12.7 Å². The van der Waals surface area contributed by atoms with E-state index in [-0.39, 0.29) is 0 Å². The molecule has 0 bridgehead atoms. The van der Waals surface area contributed by atoms with Crippen molar-refractivity contribution in [1.29, 1.82) is 0 Å². The molecule has 102 valence electrons. The molecule has 0 aliphatic carbocycles. The Morgan fingerprint density at radius 2 is 2.06 bits per heavy atom. The molecule has 18 heavy (non-hydrogen) atoms. The van der Waals surface area contributed by atoms with Gasteiger partial charge in [-0.1, -0.05) is 0 Å². The van der Waals surface area contributed by atoms with Crippen LogP contribution in [0.15, 0.2) is 12.5 Å². The van der Waals surface area contributed by atoms with Crippen LogP contribution in [0.5, 0.6) is 0 Å². The second-order valence-electron chi connectivity index (χ2n) is 3.10. The summed E-state index contributed by atoms with van der Waals surface area (Å²) in [5.41, 5.74) is 4.26. The van der Waals surface area contributed by atoms with E-state index in [2.05, 4.69) is 15.7 Å². The standard InChI is InChI=1S/C6H9N3O2.C2HF3O2/c7-5(6(10)11)1-4-2-8-3-9-4;3-2(4,5)1(6)7/h2-3,5H,1,7H2,(H,8,9)(H,10,11);(H,6,7)/t5-;/m0./s1. The second-order valence-corrected chi connectivity index (χ2v) is 3.10. The third-order valence-corrected chi connectivity index (χ3v) is 1.60. The molecule has 0 radical (unpaired) electrons. The van der Waals surface area contributed by atoms with Gasteiger partial charge in [-0.25, -0.2) is 9.78 Å². The van der Waals surface area contributed by atoms with Crippen molar-refractivity contribution in [2.75, 3.05) is 0 Å². The number of hydrogen-bond acceptors (Lipinski definition) is 4. The summed E-state index contributed by atoms with van der Waals surface area (Å²) >= 11 is 0. The third-order valence-electron chi connectivity index (χ3n) is 1.60. The largest absolute Gasteiger partial charge is 0.542 e. The van der Waals surface area contributed by atoms with Crippen molar-refractivity contribution in [3.8, 4) is 0 Å². The molecule has 0 aliphatic heterocycles. The van der Waals surface area contributed by atoms with Gasteiger partial charge in [0.15, 0.2) is 6.04 Å². The van der Waals surface area contributed by atoms with E-state index in [0.29, 0.717) is 6.42 Å². The zero-order valence-electron chi connectivity index (χ0n) is 8.90. The first-order chi connectivity index (χ1) is 8.14. The van der Waals surface area contributed by atoms with Crippen molar-refractivity contribution in [3.05, 3.63) is 18.2 Å². The molecule has 1 heterocycles. The number of quaternary nitrogens is 1. The molecule has 0 spiro atoms. The van der Waals surface area contributed by atoms with Crippen LogP contribution in [0.4, 0.5) is 13.2 Å². The van der Waals surface area contributed by atoms with Crippen LogP contribution in [0, 0.1) is 0 Å². The SMILES string of the molecule is O=C([O-])C(F)(F)F.[NH3+][C@@H](Cc1cnc[nH]1)C(=O)O. The number of carbonyl (C=O) groups is 2. The number of aromatic nitrogens is 2. The van der Waals surface area contributed by atoms with Gasteiger partial charge >= 0.3 is 12.1 Å². The van der Waals surface area contributed by atoms with Crippen molar-refractivity contribution in [2.24, 2.45) is 0 Å². The molecular formula is C8H10F3N3O4. The number of rotatable bonds is 3. The minimum absolute atomic E-state index is 0.398. The van der Waals surface area contributed by atoms with E-state index in [1.165, 1.54) is 6.33 Å². The number of carboxylic acid groups (broad SMARTS) is 2. The molecule has 0 fully saturated rings. The lowest BCUT2D eigenvalue weighted by molar-refractivity contribution is -0.407. The lowest BCUT2D eigenvalue weighted by Gasteiger charge is -2.03. The summed E-state index contributed by atoms with van der Waals surface area (Å²) in [5.74, 6) is -3.90. The molecule has 0 unspecified atom stereocenters. The van der Waals surface area contributed by atoms with E-state index >= 15 is 0 Å². The Morgan fingerprint density at radius 1 is 1.56 bits per heavy atom. The van der Waals surface area contributed by atoms with E-state index < -0.39 is 24.2 Å². The highest BCUT2D eigenvalue weighted by atomic mass is 19.4. The van der Waals surface area contributed by atoms with Crippen LogP contribution < -0.4 is 10.8 Å². The zero-order chi connectivity index (χ0) is 14.3. The summed E-state index contributed by atoms with van der Waals surface area (Å²) < 4.78 is 31.5. The van der Waals surface area contributed by atoms with Crippen LogP contribution in [-0.4, -0.2) is 39.2 Å². The monoisotopic (exact) mass is 269 g/mol. The Kier molecular flexibility index (Phi) is 5.82. The van der Waals surface area contributed by atoms with Crippen LogP contribution in [0.2, 0.25) is 0 Å². The van der Waals surface area contributed by atoms with Crippen molar-refractivity contribution >= 4 is 11.9 Å². The number of nitrogens with one attached hydrogen (secondary N) is 1. The Balaban J connectivity index is 0.000000360. The summed E-state index contributed by atoms with van der Waals surface area (Å²) in [7, 11) is 0. The summed E-state index contributed by atoms with van der Waals surface area (Å²) in [6, 6.07) is -0.601. The Hall–Kier alpha value is -2.10. The fraction of sp³-hybridized carbons (Fsp3) is 0.375. The van der Waals surface area contributed by atoms with Crippen molar-refractivity contribution < 1.29 is 38.7 Å². The highest BCUT2D eigenvalue weighted by molar-refractivity contribution is 5.71. The zero-order valence-corrected chi connectivity index (χ0v) is 8.90. The van der Waals surface area contributed by atoms with Crippen molar-refractivity contribution in [2.45, 2.75) is 18.6 Å². The van der Waals surface area contributed by atoms with Gasteiger partial charge in [-0.2, -0.15) is 13.2 Å². The molecule has 0 amide bonds. The third kappa shape index (κ3) is 6.48. The number of hydrogen-bond donors (Lipinski definition) is 3. The molecule has 0 aromatic carbocycles. The maximum absolute atomic E-state index is 10.5. The van der Waals surface area contributed by atoms with Crippen LogP contribution in [0.1, 0.15) is 5.69 Å². The lowest BCUT2D eigenvalue weighted by Crippen LogP contribution is -2.66. The average molecular weight is 269 g/mol. The van der Waals surface area contributed by atoms with Crippen LogP contribution in [0.3, 0.4) is 0 Å². The van der Waals surface area contributed by atoms with Gasteiger partial charge in [0.25, 0.3) is 0 Å². The summed E-state index contributed by atoms with van der Waals surface area (Å²) in [6.07, 6.45) is -1.68. The highest BCUT2D eigenvalue weighted by Crippen LogP contribution is 2.11. The number of H-pyrrole nitrogens is 1. The van der Waals surface area contributed by atoms with E-state index in [0.717, 1.165) is 5.69 Å². The van der Waals surface area contributed by atoms with Crippen LogP contribution in [0.25, 0.3) is 0 Å². The lowest BCUT2D eigenvalue weighted by atomic mass is 10.2. The fourth-order valence-corrected chi connectivity index (χ4v) is 0.749. The molecule has 7 nitrogen and oxygen atoms in total. The van der Waals surface area contributed by atoms with Gasteiger partial charge in [0.1, 0.15) is 5.97 Å². The number of imidazole rings is 1. The maximum atomic E-state index is 10.5. The number of carbonyl (C=O) groups excluding carboxylic acids is 1. The number of alkyl halides is 3. The smallest absolute Gasteiger partial charge is 0.430 e. The van der Waals surface area contributed by atoms with E-state index in [1.54, 1.807) is 6.20 Å². The molecular weight excluding hydrogens is 259 g/mol. The summed E-state index contributed by atoms with van der Waals surface area (Å²) in [5, 5.41) is 17.3. The molecule has 1 aromatic heterocycles. The number of aromatic amines is 1. The number of carboxylic acids is 2. The molecule has 0 saturated carbocycles. The van der Waals surface area contributed by atoms with Crippen LogP contribution in [-0.2, 0) is 16.0 Å². The maximum Gasteiger partial charge on any atom is 0.430 e. The minimum atomic E-state index is -5.19. The van der Waals surface area contributed by atoms with Gasteiger partial charge < -0.3 is 25.7 Å². The van der Waals surface area contributed by atoms with E-state index in [9.17, 15) is 18.0 Å². The van der Waals surface area contributed by atoms with Crippen molar-refractivity contribution in [3.63, 3.8) is 0 Å². The first kappa shape index (κ1) is 15.9. The number of halogens is 3. The molecule has 0 aliphatic rings. The van der Waals surface area contributed by atoms with Gasteiger partial charge in [-0.05, 0) is 0 Å². The van der Waals surface area contributed by atoms with Gasteiger partial charge in [-0.3, -0.25) is 0 Å². The van der Waals surface area contributed by atoms with Crippen molar-refractivity contribution in [1.82, 2.24) is 9.97 Å². The fourth-order valence-electron chi connectivity index (χ4n) is 0.749. The average Bonchev–Trinajstić information content (AvgIpc) is 2.69. The molecule has 1 atom stereocenters. The minimum Gasteiger partial charge on any atom is -0.542 e. The topological polar surface area (TPSA) is 134 Å². The van der Waals surface area contributed by atoms with E-state index in [4.69, 9.17) is 15.0 Å². The molecule has 0 saturated heterocycles. The molecule has 10 heteroatoms. The predicted molar refractivity (Wildman–Crippen MR) is 47.7 cm³/mol. The quantitative estimate of drug-likeness (QED) is 0.580. The van der Waals surface area contributed by atoms with Gasteiger partial charge in [0, 0.05) is 11.9 Å². The Morgan fingerprint density at radius 3 is 2.33 bits per heavy atom. The van der Waals surface area contributed by atoms with Gasteiger partial charge in [0.2, 0.25) is 0 Å². The summed E-state index contributed by atoms with van der Waals surface area (Å²) in [4.78, 5) is 25.7. The predicted octanol–water partition coefficient (Wildman–Crippen LogP) is -2.05. The van der Waals surface area contributed by atoms with E-state index in [1.807, 2.05) is 0 Å². The molecule has 5 N–H and O–H groups in total. The number of nitrogens with zero attached hydrogens (tertiary/aromatic N) is 1. The second kappa shape index (κ2) is 6.59. The number of aliphatic carboxylic acids is 2. The summed E-state index contributed by atoms with van der Waals surface area (Å²) in [6.45, 7) is 0. The van der Waals surface area contributed by atoms with Crippen LogP contribution >= 0.6 is 0 Å². The normalized spacial score (nSPS) is 12.2. The highest BCUT2D eigenvalue weighted by Gasteiger charge is 2.28. The first-order valence-corrected chi connectivity index (χ1v) is 4.46.